The molecule has 0 bridgehead atoms. The molecular formula is C14H22O8. The molecule has 22 heavy (non-hydrogen) atoms. The van der Waals surface area contributed by atoms with Crippen molar-refractivity contribution in [1.29, 1.82) is 0 Å². The van der Waals surface area contributed by atoms with Crippen LogP contribution in [0.2, 0.25) is 0 Å². The third-order valence-corrected chi connectivity index (χ3v) is 3.42. The van der Waals surface area contributed by atoms with Gasteiger partial charge in [0, 0.05) is 27.4 Å². The molecule has 6 atom stereocenters. The number of esters is 2. The molecule has 0 radical (unpaired) electrons. The van der Waals surface area contributed by atoms with Crippen LogP contribution in [0.25, 0.3) is 0 Å². The first kappa shape index (κ1) is 17.1. The van der Waals surface area contributed by atoms with Gasteiger partial charge in [0.2, 0.25) is 0 Å². The highest BCUT2D eigenvalue weighted by molar-refractivity contribution is 5.67. The maximum absolute atomic E-state index is 11.4. The Morgan fingerprint density at radius 1 is 1.09 bits per heavy atom. The van der Waals surface area contributed by atoms with Gasteiger partial charge in [-0.3, -0.25) is 14.3 Å². The zero-order valence-electron chi connectivity index (χ0n) is 13.4. The zero-order chi connectivity index (χ0) is 16.5. The number of hydrogen-bond donors (Lipinski definition) is 0. The smallest absolute Gasteiger partial charge is 0.303 e. The molecule has 0 aromatic rings. The van der Waals surface area contributed by atoms with E-state index in [0.717, 1.165) is 0 Å². The third kappa shape index (κ3) is 3.57. The molecule has 2 aliphatic rings. The fourth-order valence-electron chi connectivity index (χ4n) is 2.69. The van der Waals surface area contributed by atoms with Crippen LogP contribution in [-0.4, -0.2) is 55.2 Å². The topological polar surface area (TPSA) is 89.5 Å². The van der Waals surface area contributed by atoms with Crippen LogP contribution in [0.15, 0.2) is 0 Å². The van der Waals surface area contributed by atoms with Crippen molar-refractivity contribution in [2.24, 2.45) is 0 Å². The van der Waals surface area contributed by atoms with Gasteiger partial charge >= 0.3 is 11.9 Å². The summed E-state index contributed by atoms with van der Waals surface area (Å²) in [6, 6.07) is 0. The third-order valence-electron chi connectivity index (χ3n) is 3.42. The summed E-state index contributed by atoms with van der Waals surface area (Å²) >= 11 is 0. The zero-order valence-corrected chi connectivity index (χ0v) is 13.4. The molecule has 2 aliphatic heterocycles. The first-order valence-electron chi connectivity index (χ1n) is 7.25. The second-order valence-electron chi connectivity index (χ2n) is 5.35. The Hall–Kier alpha value is -1.22. The minimum absolute atomic E-state index is 0.372. The molecule has 0 spiro atoms. The second-order valence-corrected chi connectivity index (χ2v) is 5.35. The molecule has 8 heteroatoms. The highest BCUT2D eigenvalue weighted by Crippen LogP contribution is 2.39. The van der Waals surface area contributed by atoms with Crippen LogP contribution in [-0.2, 0) is 38.0 Å². The van der Waals surface area contributed by atoms with E-state index in [1.165, 1.54) is 13.8 Å². The van der Waals surface area contributed by atoms with Crippen LogP contribution >= 0.6 is 0 Å². The van der Waals surface area contributed by atoms with Crippen molar-refractivity contribution in [3.05, 3.63) is 0 Å². The van der Waals surface area contributed by atoms with E-state index in [1.54, 1.807) is 20.8 Å². The van der Waals surface area contributed by atoms with Gasteiger partial charge < -0.3 is 23.7 Å². The fourth-order valence-corrected chi connectivity index (χ4v) is 2.69. The summed E-state index contributed by atoms with van der Waals surface area (Å²) in [6.45, 7) is 8.04. The predicted molar refractivity (Wildman–Crippen MR) is 71.4 cm³/mol. The minimum atomic E-state index is -1.30. The summed E-state index contributed by atoms with van der Waals surface area (Å²) in [4.78, 5) is 22.7. The Balaban J connectivity index is 2.23. The molecule has 2 rings (SSSR count). The fraction of sp³-hybridized carbons (Fsp3) is 0.857. The van der Waals surface area contributed by atoms with Crippen molar-refractivity contribution in [3.8, 4) is 0 Å². The van der Waals surface area contributed by atoms with E-state index in [2.05, 4.69) is 0 Å². The summed E-state index contributed by atoms with van der Waals surface area (Å²) in [5.41, 5.74) is 0. The Labute approximate surface area is 128 Å². The van der Waals surface area contributed by atoms with E-state index in [9.17, 15) is 9.59 Å². The predicted octanol–water partition coefficient (Wildman–Crippen LogP) is 0.720. The SMILES string of the molecule is CCOC1(C)OC2O[C@@H](C)[C@H](OC(C)=O)[C@@H](OC(C)=O)[C@H]2O1. The van der Waals surface area contributed by atoms with Gasteiger partial charge in [-0.1, -0.05) is 0 Å². The maximum atomic E-state index is 11.4. The lowest BCUT2D eigenvalue weighted by molar-refractivity contribution is -0.341. The van der Waals surface area contributed by atoms with Gasteiger partial charge in [0.1, 0.15) is 0 Å². The second kappa shape index (κ2) is 6.49. The minimum Gasteiger partial charge on any atom is -0.456 e. The Morgan fingerprint density at radius 3 is 2.23 bits per heavy atom. The van der Waals surface area contributed by atoms with Crippen LogP contribution in [0, 0.1) is 0 Å². The van der Waals surface area contributed by atoms with E-state index < -0.39 is 48.6 Å². The Kier molecular flexibility index (Phi) is 5.06. The molecule has 0 N–H and O–H groups in total. The molecule has 2 fully saturated rings. The number of fused-ring (bicyclic) bond motifs is 1. The highest BCUT2D eigenvalue weighted by Gasteiger charge is 2.58. The van der Waals surface area contributed by atoms with Crippen molar-refractivity contribution >= 4 is 11.9 Å². The standard InChI is InChI=1S/C14H22O8/c1-6-17-14(5)21-12-11(20-9(4)16)10(19-8(3)15)7(2)18-13(12)22-14/h7,10-13H,6H2,1-5H3/t7-,10-,11+,12+,13?,14?/m0/s1. The molecule has 0 aromatic heterocycles. The van der Waals surface area contributed by atoms with E-state index in [0.29, 0.717) is 6.61 Å². The average Bonchev–Trinajstić information content (AvgIpc) is 2.69. The van der Waals surface area contributed by atoms with E-state index >= 15 is 0 Å². The van der Waals surface area contributed by atoms with Crippen molar-refractivity contribution in [1.82, 2.24) is 0 Å². The molecule has 2 saturated heterocycles. The average molecular weight is 318 g/mol. The van der Waals surface area contributed by atoms with Crippen LogP contribution in [0.3, 0.4) is 0 Å². The number of rotatable bonds is 4. The largest absolute Gasteiger partial charge is 0.456 e. The molecule has 2 heterocycles. The number of ether oxygens (including phenoxy) is 6. The van der Waals surface area contributed by atoms with Crippen LogP contribution in [0.4, 0.5) is 0 Å². The van der Waals surface area contributed by atoms with Crippen LogP contribution in [0.1, 0.15) is 34.6 Å². The van der Waals surface area contributed by atoms with Crippen molar-refractivity contribution in [2.75, 3.05) is 6.61 Å². The Bertz CT molecular complexity index is 439. The van der Waals surface area contributed by atoms with Crippen molar-refractivity contribution < 1.29 is 38.0 Å². The molecule has 2 unspecified atom stereocenters. The summed E-state index contributed by atoms with van der Waals surface area (Å²) in [6.07, 6.45) is -3.67. The van der Waals surface area contributed by atoms with Gasteiger partial charge in [-0.05, 0) is 13.8 Å². The number of carbonyl (C=O) groups excluding carboxylic acids is 2. The Morgan fingerprint density at radius 2 is 1.68 bits per heavy atom. The normalized spacial score (nSPS) is 40.9. The molecule has 0 aliphatic carbocycles. The molecule has 0 aromatic carbocycles. The molecule has 0 amide bonds. The lowest BCUT2D eigenvalue weighted by Gasteiger charge is -2.39. The van der Waals surface area contributed by atoms with Crippen molar-refractivity contribution in [2.45, 2.75) is 71.3 Å². The monoisotopic (exact) mass is 318 g/mol. The molecule has 8 nitrogen and oxygen atoms in total. The van der Waals surface area contributed by atoms with Crippen molar-refractivity contribution in [3.63, 3.8) is 0 Å². The molecular weight excluding hydrogens is 296 g/mol. The van der Waals surface area contributed by atoms with Gasteiger partial charge in [-0.2, -0.15) is 0 Å². The van der Waals surface area contributed by atoms with E-state index in [4.69, 9.17) is 28.4 Å². The van der Waals surface area contributed by atoms with Gasteiger partial charge in [0.25, 0.3) is 5.97 Å². The summed E-state index contributed by atoms with van der Waals surface area (Å²) in [5, 5.41) is 0. The van der Waals surface area contributed by atoms with E-state index in [-0.39, 0.29) is 0 Å². The highest BCUT2D eigenvalue weighted by atomic mass is 16.9. The number of carbonyl (C=O) groups is 2. The molecule has 126 valence electrons. The lowest BCUT2D eigenvalue weighted by atomic mass is 9.99. The molecule has 0 saturated carbocycles. The number of hydrogen-bond acceptors (Lipinski definition) is 8. The lowest BCUT2D eigenvalue weighted by Crippen LogP contribution is -2.58. The van der Waals surface area contributed by atoms with Crippen LogP contribution in [0.5, 0.6) is 0 Å². The quantitative estimate of drug-likeness (QED) is 0.701. The summed E-state index contributed by atoms with van der Waals surface area (Å²) in [5.74, 6) is -2.31. The first-order chi connectivity index (χ1) is 10.3. The van der Waals surface area contributed by atoms with Gasteiger partial charge in [-0.25, -0.2) is 0 Å². The first-order valence-corrected chi connectivity index (χ1v) is 7.25. The summed E-state index contributed by atoms with van der Waals surface area (Å²) < 4.78 is 33.0. The van der Waals surface area contributed by atoms with Gasteiger partial charge in [-0.15, -0.1) is 0 Å². The van der Waals surface area contributed by atoms with Crippen LogP contribution < -0.4 is 0 Å². The maximum Gasteiger partial charge on any atom is 0.303 e. The van der Waals surface area contributed by atoms with Gasteiger partial charge in [0.15, 0.2) is 24.6 Å². The van der Waals surface area contributed by atoms with Gasteiger partial charge in [0.05, 0.1) is 6.10 Å². The van der Waals surface area contributed by atoms with E-state index in [1.807, 2.05) is 0 Å². The summed E-state index contributed by atoms with van der Waals surface area (Å²) in [7, 11) is 0.